The fraction of sp³-hybridized carbons (Fsp3) is 0.278. The molecule has 0 saturated carbocycles. The third-order valence-corrected chi connectivity index (χ3v) is 3.83. The topological polar surface area (TPSA) is 24.8 Å². The molecule has 1 atom stereocenters. The molecule has 21 heavy (non-hydrogen) atoms. The summed E-state index contributed by atoms with van der Waals surface area (Å²) in [5.74, 6) is 0.683. The Morgan fingerprint density at radius 2 is 1.62 bits per heavy atom. The largest absolute Gasteiger partial charge is 0.383 e. The highest BCUT2D eigenvalue weighted by atomic mass is 16.7. The summed E-state index contributed by atoms with van der Waals surface area (Å²) in [6.07, 6.45) is -0.0826. The van der Waals surface area contributed by atoms with Crippen molar-refractivity contribution in [2.45, 2.75) is 26.9 Å². The Hall–Kier alpha value is -2.13. The number of hydrogen-bond donors (Lipinski definition) is 0. The Labute approximate surface area is 125 Å². The Bertz CT molecular complexity index is 669. The minimum Gasteiger partial charge on any atom is -0.383 e. The van der Waals surface area contributed by atoms with Gasteiger partial charge >= 0.3 is 0 Å². The Morgan fingerprint density at radius 3 is 2.24 bits per heavy atom. The van der Waals surface area contributed by atoms with E-state index in [0.29, 0.717) is 5.90 Å². The Balaban J connectivity index is 2.02. The summed E-state index contributed by atoms with van der Waals surface area (Å²) in [6, 6.07) is 14.4. The van der Waals surface area contributed by atoms with Crippen LogP contribution in [0.15, 0.2) is 47.5 Å². The van der Waals surface area contributed by atoms with Gasteiger partial charge in [0.05, 0.1) is 0 Å². The molecule has 2 aromatic carbocycles. The maximum absolute atomic E-state index is 5.84. The summed E-state index contributed by atoms with van der Waals surface area (Å²) >= 11 is 0. The van der Waals surface area contributed by atoms with E-state index in [0.717, 1.165) is 5.56 Å². The van der Waals surface area contributed by atoms with E-state index < -0.39 is 0 Å². The second-order valence-electron chi connectivity index (χ2n) is 5.62. The highest BCUT2D eigenvalue weighted by molar-refractivity contribution is 5.94. The van der Waals surface area contributed by atoms with Gasteiger partial charge in [0.25, 0.3) is 0 Å². The minimum absolute atomic E-state index is 0.0826. The third-order valence-electron chi connectivity index (χ3n) is 3.83. The number of nitrogens with zero attached hydrogens (tertiary/aromatic N) is 2. The zero-order valence-corrected chi connectivity index (χ0v) is 12.9. The first-order valence-corrected chi connectivity index (χ1v) is 7.18. The fourth-order valence-electron chi connectivity index (χ4n) is 2.96. The number of aliphatic imine (C=N–C) groups is 1. The van der Waals surface area contributed by atoms with Crippen LogP contribution in [0.5, 0.6) is 0 Å². The van der Waals surface area contributed by atoms with Crippen LogP contribution in [0.25, 0.3) is 0 Å². The number of hydrogen-bond acceptors (Lipinski definition) is 3. The van der Waals surface area contributed by atoms with Crippen molar-refractivity contribution >= 4 is 5.90 Å². The molecule has 108 valence electrons. The van der Waals surface area contributed by atoms with Crippen molar-refractivity contribution in [1.29, 1.82) is 0 Å². The van der Waals surface area contributed by atoms with Gasteiger partial charge in [-0.05, 0) is 44.0 Å². The summed E-state index contributed by atoms with van der Waals surface area (Å²) in [5.41, 5.74) is 6.03. The first-order valence-electron chi connectivity index (χ1n) is 7.18. The van der Waals surface area contributed by atoms with Crippen LogP contribution in [0, 0.1) is 20.8 Å². The van der Waals surface area contributed by atoms with Crippen molar-refractivity contribution in [3.63, 3.8) is 0 Å². The molecule has 0 bridgehead atoms. The summed E-state index contributed by atoms with van der Waals surface area (Å²) in [4.78, 5) is 10.6. The molecule has 1 aliphatic rings. The average molecular weight is 280 g/mol. The lowest BCUT2D eigenvalue weighted by molar-refractivity contribution is -0.0575. The molecule has 0 amide bonds. The maximum atomic E-state index is 5.84. The zero-order valence-electron chi connectivity index (χ0n) is 12.9. The van der Waals surface area contributed by atoms with Crippen LogP contribution in [-0.4, -0.2) is 18.0 Å². The minimum atomic E-state index is -0.0826. The molecule has 2 aromatic rings. The van der Waals surface area contributed by atoms with E-state index in [2.05, 4.69) is 32.9 Å². The van der Waals surface area contributed by atoms with Crippen LogP contribution in [0.2, 0.25) is 0 Å². The van der Waals surface area contributed by atoms with Gasteiger partial charge in [-0.1, -0.05) is 35.9 Å². The van der Waals surface area contributed by atoms with Crippen molar-refractivity contribution in [3.05, 3.63) is 70.3 Å². The lowest BCUT2D eigenvalue weighted by Crippen LogP contribution is -2.20. The standard InChI is InChI=1S/C18H20N2O/c1-12-10-13(2)16(14(3)11-12)17-19-18(21-20(17)4)15-8-6-5-7-9-15/h5-11,17H,1-4H3. The summed E-state index contributed by atoms with van der Waals surface area (Å²) in [6.45, 7) is 6.40. The van der Waals surface area contributed by atoms with Crippen LogP contribution in [0.1, 0.15) is 34.0 Å². The molecular formula is C18H20N2O. The molecule has 0 N–H and O–H groups in total. The van der Waals surface area contributed by atoms with Gasteiger partial charge in [-0.25, -0.2) is 4.99 Å². The summed E-state index contributed by atoms with van der Waals surface area (Å²) < 4.78 is 0. The van der Waals surface area contributed by atoms with Crippen LogP contribution in [0.4, 0.5) is 0 Å². The van der Waals surface area contributed by atoms with Crippen molar-refractivity contribution < 1.29 is 4.84 Å². The van der Waals surface area contributed by atoms with E-state index in [9.17, 15) is 0 Å². The summed E-state index contributed by atoms with van der Waals surface area (Å²) in [5, 5.41) is 1.83. The zero-order chi connectivity index (χ0) is 15.0. The Morgan fingerprint density at radius 1 is 1.00 bits per heavy atom. The number of benzene rings is 2. The fourth-order valence-corrected chi connectivity index (χ4v) is 2.96. The van der Waals surface area contributed by atoms with Gasteiger partial charge in [0.2, 0.25) is 5.90 Å². The average Bonchev–Trinajstić information content (AvgIpc) is 2.81. The van der Waals surface area contributed by atoms with E-state index >= 15 is 0 Å². The van der Waals surface area contributed by atoms with E-state index in [-0.39, 0.29) is 6.17 Å². The van der Waals surface area contributed by atoms with Crippen LogP contribution in [0.3, 0.4) is 0 Å². The number of hydroxylamine groups is 2. The molecular weight excluding hydrogens is 260 g/mol. The van der Waals surface area contributed by atoms with Crippen molar-refractivity contribution in [1.82, 2.24) is 5.06 Å². The highest BCUT2D eigenvalue weighted by Gasteiger charge is 2.29. The monoisotopic (exact) mass is 280 g/mol. The van der Waals surface area contributed by atoms with E-state index in [1.54, 1.807) is 0 Å². The third kappa shape index (κ3) is 2.57. The highest BCUT2D eigenvalue weighted by Crippen LogP contribution is 2.33. The van der Waals surface area contributed by atoms with E-state index in [1.807, 2.05) is 42.4 Å². The van der Waals surface area contributed by atoms with Crippen molar-refractivity contribution in [2.75, 3.05) is 7.05 Å². The molecule has 1 unspecified atom stereocenters. The lowest BCUT2D eigenvalue weighted by atomic mass is 9.97. The summed E-state index contributed by atoms with van der Waals surface area (Å²) in [7, 11) is 1.93. The quantitative estimate of drug-likeness (QED) is 0.832. The van der Waals surface area contributed by atoms with Crippen LogP contribution in [-0.2, 0) is 4.84 Å². The lowest BCUT2D eigenvalue weighted by Gasteiger charge is -2.20. The first-order chi connectivity index (χ1) is 10.1. The van der Waals surface area contributed by atoms with Crippen molar-refractivity contribution in [3.8, 4) is 0 Å². The van der Waals surface area contributed by atoms with Crippen LogP contribution < -0.4 is 0 Å². The second kappa shape index (κ2) is 5.34. The molecule has 0 aromatic heterocycles. The molecule has 3 nitrogen and oxygen atoms in total. The van der Waals surface area contributed by atoms with E-state index in [1.165, 1.54) is 22.3 Å². The van der Waals surface area contributed by atoms with Crippen molar-refractivity contribution in [2.24, 2.45) is 4.99 Å². The SMILES string of the molecule is Cc1cc(C)c(C2N=C(c3ccccc3)ON2C)c(C)c1. The van der Waals surface area contributed by atoms with Gasteiger partial charge in [0.1, 0.15) is 0 Å². The van der Waals surface area contributed by atoms with Gasteiger partial charge in [0, 0.05) is 18.2 Å². The van der Waals surface area contributed by atoms with Crippen LogP contribution >= 0.6 is 0 Å². The maximum Gasteiger partial charge on any atom is 0.242 e. The molecule has 0 saturated heterocycles. The van der Waals surface area contributed by atoms with E-state index in [4.69, 9.17) is 9.83 Å². The molecule has 0 spiro atoms. The van der Waals surface area contributed by atoms with Gasteiger partial charge < -0.3 is 4.84 Å². The molecule has 3 rings (SSSR count). The molecule has 0 fully saturated rings. The predicted octanol–water partition coefficient (Wildman–Crippen LogP) is 3.93. The molecule has 3 heteroatoms. The number of aryl methyl sites for hydroxylation is 3. The molecule has 1 heterocycles. The normalized spacial score (nSPS) is 18.5. The molecule has 1 aliphatic heterocycles. The first kappa shape index (κ1) is 13.8. The predicted molar refractivity (Wildman–Crippen MR) is 85.2 cm³/mol. The second-order valence-corrected chi connectivity index (χ2v) is 5.62. The van der Waals surface area contributed by atoms with Gasteiger partial charge in [0.15, 0.2) is 6.17 Å². The van der Waals surface area contributed by atoms with Gasteiger partial charge in [-0.2, -0.15) is 0 Å². The van der Waals surface area contributed by atoms with Gasteiger partial charge in [-0.15, -0.1) is 5.06 Å². The van der Waals surface area contributed by atoms with Gasteiger partial charge in [-0.3, -0.25) is 0 Å². The smallest absolute Gasteiger partial charge is 0.242 e. The number of rotatable bonds is 2. The Kier molecular flexibility index (Phi) is 3.52. The molecule has 0 radical (unpaired) electrons. The molecule has 0 aliphatic carbocycles.